The Hall–Kier alpha value is -1.62. The summed E-state index contributed by atoms with van der Waals surface area (Å²) in [7, 11) is 0. The highest BCUT2D eigenvalue weighted by Crippen LogP contribution is 2.44. The minimum absolute atomic E-state index is 0.0477. The normalized spacial score (nSPS) is 27.6. The molecule has 0 unspecified atom stereocenters. The van der Waals surface area contributed by atoms with Crippen molar-refractivity contribution in [1.82, 2.24) is 5.32 Å². The Balaban J connectivity index is 1.74. The fourth-order valence-electron chi connectivity index (χ4n) is 3.47. The van der Waals surface area contributed by atoms with Gasteiger partial charge in [0, 0.05) is 17.7 Å². The first kappa shape index (κ1) is 13.4. The molecule has 0 aliphatic heterocycles. The number of nitrogens with zero attached hydrogens (tertiary/aromatic N) is 1. The lowest BCUT2D eigenvalue weighted by molar-refractivity contribution is -0.384. The van der Waals surface area contributed by atoms with E-state index in [2.05, 4.69) is 5.32 Å². The quantitative estimate of drug-likeness (QED) is 0.687. The number of nitrogens with one attached hydrogen (secondary N) is 1. The highest BCUT2D eigenvalue weighted by atomic mass is 35.5. The predicted octanol–water partition coefficient (Wildman–Crippen LogP) is 3.17. The molecule has 20 heavy (non-hydrogen) atoms. The van der Waals surface area contributed by atoms with Gasteiger partial charge in [0.25, 0.3) is 11.6 Å². The minimum atomic E-state index is -0.573. The molecular weight excluding hydrogens is 280 g/mol. The molecule has 2 saturated carbocycles. The Labute approximate surface area is 121 Å². The summed E-state index contributed by atoms with van der Waals surface area (Å²) in [6.45, 7) is 0. The summed E-state index contributed by atoms with van der Waals surface area (Å²) in [5.74, 6) is 1.07. The van der Waals surface area contributed by atoms with Crippen LogP contribution in [-0.4, -0.2) is 16.9 Å². The van der Waals surface area contributed by atoms with Gasteiger partial charge in [-0.1, -0.05) is 18.0 Å². The summed E-state index contributed by atoms with van der Waals surface area (Å²) in [5.41, 5.74) is 0.0659. The second kappa shape index (κ2) is 5.05. The van der Waals surface area contributed by atoms with Gasteiger partial charge >= 0.3 is 0 Å². The van der Waals surface area contributed by atoms with Gasteiger partial charge in [-0.3, -0.25) is 14.9 Å². The van der Waals surface area contributed by atoms with Crippen LogP contribution < -0.4 is 5.32 Å². The molecule has 106 valence electrons. The summed E-state index contributed by atoms with van der Waals surface area (Å²) >= 11 is 5.74. The summed E-state index contributed by atoms with van der Waals surface area (Å²) in [5, 5.41) is 13.9. The number of hydrogen-bond acceptors (Lipinski definition) is 3. The molecule has 0 aromatic heterocycles. The Kier molecular flexibility index (Phi) is 3.38. The van der Waals surface area contributed by atoms with E-state index in [0.29, 0.717) is 11.5 Å². The lowest BCUT2D eigenvalue weighted by Gasteiger charge is -2.22. The molecule has 1 aromatic carbocycles. The first-order chi connectivity index (χ1) is 9.54. The number of hydrogen-bond donors (Lipinski definition) is 1. The molecule has 5 nitrogen and oxygen atoms in total. The molecule has 0 spiro atoms. The third-order valence-electron chi connectivity index (χ3n) is 4.46. The molecular formula is C14H15ClN2O3. The number of fused-ring (bicyclic) bond motifs is 2. The number of carbonyl (C=O) groups excluding carboxylic acids is 1. The second-order valence-corrected chi connectivity index (χ2v) is 6.09. The van der Waals surface area contributed by atoms with Gasteiger partial charge in [0.05, 0.1) is 4.92 Å². The maximum absolute atomic E-state index is 12.2. The van der Waals surface area contributed by atoms with E-state index < -0.39 is 4.92 Å². The van der Waals surface area contributed by atoms with E-state index in [0.717, 1.165) is 12.3 Å². The van der Waals surface area contributed by atoms with Crippen molar-refractivity contribution in [2.45, 2.75) is 31.7 Å². The van der Waals surface area contributed by atoms with Gasteiger partial charge in [-0.15, -0.1) is 0 Å². The summed E-state index contributed by atoms with van der Waals surface area (Å²) in [4.78, 5) is 22.4. The van der Waals surface area contributed by atoms with E-state index in [9.17, 15) is 14.9 Å². The third-order valence-corrected chi connectivity index (χ3v) is 4.78. The van der Waals surface area contributed by atoms with Crippen LogP contribution in [0.2, 0.25) is 5.02 Å². The van der Waals surface area contributed by atoms with Crippen LogP contribution in [0, 0.1) is 22.0 Å². The van der Waals surface area contributed by atoms with Crippen molar-refractivity contribution < 1.29 is 9.72 Å². The zero-order valence-corrected chi connectivity index (χ0v) is 11.6. The Morgan fingerprint density at radius 2 is 2.15 bits per heavy atom. The Bertz CT molecular complexity index is 576. The van der Waals surface area contributed by atoms with Gasteiger partial charge in [0.15, 0.2) is 0 Å². The highest BCUT2D eigenvalue weighted by Gasteiger charge is 2.40. The van der Waals surface area contributed by atoms with Crippen molar-refractivity contribution in [1.29, 1.82) is 0 Å². The molecule has 2 aliphatic carbocycles. The van der Waals surface area contributed by atoms with E-state index in [1.807, 2.05) is 0 Å². The summed E-state index contributed by atoms with van der Waals surface area (Å²) in [6.07, 6.45) is 4.68. The van der Waals surface area contributed by atoms with Gasteiger partial charge < -0.3 is 5.32 Å². The lowest BCUT2D eigenvalue weighted by atomic mass is 9.95. The summed E-state index contributed by atoms with van der Waals surface area (Å²) < 4.78 is 0. The number of carbonyl (C=O) groups is 1. The zero-order chi connectivity index (χ0) is 14.3. The standard InChI is InChI=1S/C14H15ClN2O3/c15-11-4-3-10(7-13(11)17(19)20)14(18)16-12-6-8-1-2-9(12)5-8/h3-4,7-9,12H,1-2,5-6H2,(H,16,18)/t8-,9+,12+/m0/s1. The van der Waals surface area contributed by atoms with Crippen molar-refractivity contribution in [3.05, 3.63) is 38.9 Å². The van der Waals surface area contributed by atoms with Crippen LogP contribution >= 0.6 is 11.6 Å². The number of nitro benzene ring substituents is 1. The van der Waals surface area contributed by atoms with Crippen LogP contribution in [0.15, 0.2) is 18.2 Å². The first-order valence-corrected chi connectivity index (χ1v) is 7.17. The average Bonchev–Trinajstić information content (AvgIpc) is 3.01. The molecule has 2 aliphatic rings. The van der Waals surface area contributed by atoms with Crippen LogP contribution in [0.1, 0.15) is 36.0 Å². The predicted molar refractivity (Wildman–Crippen MR) is 74.8 cm³/mol. The van der Waals surface area contributed by atoms with Crippen molar-refractivity contribution in [3.8, 4) is 0 Å². The topological polar surface area (TPSA) is 72.2 Å². The van der Waals surface area contributed by atoms with Crippen LogP contribution in [-0.2, 0) is 0 Å². The van der Waals surface area contributed by atoms with Crippen molar-refractivity contribution >= 4 is 23.2 Å². The number of halogens is 1. The Morgan fingerprint density at radius 3 is 2.75 bits per heavy atom. The van der Waals surface area contributed by atoms with Crippen LogP contribution in [0.25, 0.3) is 0 Å². The fourth-order valence-corrected chi connectivity index (χ4v) is 3.65. The maximum Gasteiger partial charge on any atom is 0.288 e. The summed E-state index contributed by atoms with van der Waals surface area (Å²) in [6, 6.07) is 4.38. The van der Waals surface area contributed by atoms with E-state index in [4.69, 9.17) is 11.6 Å². The molecule has 1 N–H and O–H groups in total. The molecule has 2 bridgehead atoms. The van der Waals surface area contributed by atoms with Crippen molar-refractivity contribution in [2.24, 2.45) is 11.8 Å². The van der Waals surface area contributed by atoms with Gasteiger partial charge in [-0.05, 0) is 43.2 Å². The number of benzene rings is 1. The third kappa shape index (κ3) is 2.38. The molecule has 1 aromatic rings. The SMILES string of the molecule is O=C(N[C@@H]1C[C@H]2CC[C@@H]1C2)c1ccc(Cl)c([N+](=O)[O-])c1. The van der Waals surface area contributed by atoms with Crippen molar-refractivity contribution in [3.63, 3.8) is 0 Å². The van der Waals surface area contributed by atoms with Crippen LogP contribution in [0.5, 0.6) is 0 Å². The molecule has 2 fully saturated rings. The van der Waals surface area contributed by atoms with Gasteiger partial charge in [-0.25, -0.2) is 0 Å². The van der Waals surface area contributed by atoms with Crippen LogP contribution in [0.3, 0.4) is 0 Å². The van der Waals surface area contributed by atoms with E-state index in [1.165, 1.54) is 37.5 Å². The molecule has 0 saturated heterocycles. The van der Waals surface area contributed by atoms with Crippen LogP contribution in [0.4, 0.5) is 5.69 Å². The largest absolute Gasteiger partial charge is 0.349 e. The van der Waals surface area contributed by atoms with E-state index in [-0.39, 0.29) is 22.7 Å². The number of nitro groups is 1. The van der Waals surface area contributed by atoms with E-state index in [1.54, 1.807) is 0 Å². The lowest BCUT2D eigenvalue weighted by Crippen LogP contribution is -2.38. The monoisotopic (exact) mass is 294 g/mol. The molecule has 3 rings (SSSR count). The molecule has 6 heteroatoms. The van der Waals surface area contributed by atoms with Crippen molar-refractivity contribution in [2.75, 3.05) is 0 Å². The maximum atomic E-state index is 12.2. The first-order valence-electron chi connectivity index (χ1n) is 6.79. The molecule has 3 atom stereocenters. The van der Waals surface area contributed by atoms with Gasteiger partial charge in [-0.2, -0.15) is 0 Å². The number of amides is 1. The fraction of sp³-hybridized carbons (Fsp3) is 0.500. The Morgan fingerprint density at radius 1 is 1.35 bits per heavy atom. The zero-order valence-electron chi connectivity index (χ0n) is 10.8. The number of rotatable bonds is 3. The highest BCUT2D eigenvalue weighted by molar-refractivity contribution is 6.32. The minimum Gasteiger partial charge on any atom is -0.349 e. The van der Waals surface area contributed by atoms with Gasteiger partial charge in [0.1, 0.15) is 5.02 Å². The molecule has 0 heterocycles. The average molecular weight is 295 g/mol. The smallest absolute Gasteiger partial charge is 0.288 e. The molecule has 0 radical (unpaired) electrons. The molecule has 1 amide bonds. The van der Waals surface area contributed by atoms with Gasteiger partial charge in [0.2, 0.25) is 0 Å². The second-order valence-electron chi connectivity index (χ2n) is 5.68. The van der Waals surface area contributed by atoms with E-state index >= 15 is 0 Å².